The van der Waals surface area contributed by atoms with Gasteiger partial charge in [-0.2, -0.15) is 0 Å². The van der Waals surface area contributed by atoms with Crippen LogP contribution >= 0.6 is 0 Å². The highest BCUT2D eigenvalue weighted by Crippen LogP contribution is 2.26. The van der Waals surface area contributed by atoms with Crippen molar-refractivity contribution < 1.29 is 4.79 Å². The Balaban J connectivity index is 2.06. The van der Waals surface area contributed by atoms with Gasteiger partial charge >= 0.3 is 0 Å². The fourth-order valence-corrected chi connectivity index (χ4v) is 2.76. The third-order valence-electron chi connectivity index (χ3n) is 4.10. The van der Waals surface area contributed by atoms with Gasteiger partial charge in [-0.3, -0.25) is 4.79 Å². The van der Waals surface area contributed by atoms with Crippen LogP contribution in [0.15, 0.2) is 18.2 Å². The number of nitrogens with two attached hydrogens (primary N) is 2. The number of nitrogen functional groups attached to an aromatic ring is 1. The maximum atomic E-state index is 11.3. The van der Waals surface area contributed by atoms with Crippen molar-refractivity contribution in [2.45, 2.75) is 12.8 Å². The molecule has 20 heavy (non-hydrogen) atoms. The summed E-state index contributed by atoms with van der Waals surface area (Å²) in [5.41, 5.74) is 13.4. The van der Waals surface area contributed by atoms with Gasteiger partial charge in [-0.15, -0.1) is 0 Å². The Morgan fingerprint density at radius 2 is 2.05 bits per heavy atom. The molecule has 110 valence electrons. The number of benzene rings is 1. The first-order valence-electron chi connectivity index (χ1n) is 7.06. The van der Waals surface area contributed by atoms with Crippen LogP contribution in [0.5, 0.6) is 0 Å². The maximum absolute atomic E-state index is 11.3. The van der Waals surface area contributed by atoms with E-state index in [1.54, 1.807) is 18.2 Å². The van der Waals surface area contributed by atoms with Crippen molar-refractivity contribution in [3.8, 4) is 0 Å². The first kappa shape index (κ1) is 14.7. The van der Waals surface area contributed by atoms with E-state index >= 15 is 0 Å². The average molecular weight is 276 g/mol. The number of hydrogen-bond acceptors (Lipinski definition) is 4. The van der Waals surface area contributed by atoms with Gasteiger partial charge in [-0.1, -0.05) is 0 Å². The molecule has 1 aromatic carbocycles. The number of piperidine rings is 1. The van der Waals surface area contributed by atoms with Crippen LogP contribution in [0, 0.1) is 5.92 Å². The molecule has 0 spiro atoms. The number of carbonyl (C=O) groups is 1. The number of primary amides is 1. The Kier molecular flexibility index (Phi) is 4.49. The lowest BCUT2D eigenvalue weighted by molar-refractivity contribution is 0.100. The molecule has 5 nitrogen and oxygen atoms in total. The van der Waals surface area contributed by atoms with E-state index < -0.39 is 5.91 Å². The summed E-state index contributed by atoms with van der Waals surface area (Å²) in [5, 5.41) is 0. The van der Waals surface area contributed by atoms with Crippen molar-refractivity contribution in [2.24, 2.45) is 11.7 Å². The smallest absolute Gasteiger partial charge is 0.248 e. The van der Waals surface area contributed by atoms with Crippen molar-refractivity contribution in [3.05, 3.63) is 23.8 Å². The number of carbonyl (C=O) groups excluding carboxylic acids is 1. The Morgan fingerprint density at radius 3 is 2.65 bits per heavy atom. The molecule has 1 aromatic rings. The molecule has 1 amide bonds. The molecule has 5 heteroatoms. The van der Waals surface area contributed by atoms with Crippen molar-refractivity contribution in [1.82, 2.24) is 4.90 Å². The molecule has 1 heterocycles. The molecule has 1 aliphatic rings. The number of anilines is 2. The Labute approximate surface area is 120 Å². The van der Waals surface area contributed by atoms with E-state index in [1.807, 2.05) is 7.05 Å². The largest absolute Gasteiger partial charge is 0.397 e. The molecule has 4 N–H and O–H groups in total. The van der Waals surface area contributed by atoms with Gasteiger partial charge < -0.3 is 21.3 Å². The van der Waals surface area contributed by atoms with E-state index in [4.69, 9.17) is 11.5 Å². The van der Waals surface area contributed by atoms with E-state index in [0.29, 0.717) is 17.2 Å². The lowest BCUT2D eigenvalue weighted by Gasteiger charge is -2.32. The van der Waals surface area contributed by atoms with Gasteiger partial charge in [-0.25, -0.2) is 0 Å². The molecule has 2 rings (SSSR count). The average Bonchev–Trinajstić information content (AvgIpc) is 2.41. The van der Waals surface area contributed by atoms with Gasteiger partial charge in [0.25, 0.3) is 0 Å². The van der Waals surface area contributed by atoms with Gasteiger partial charge in [-0.05, 0) is 57.1 Å². The molecular formula is C15H24N4O. The summed E-state index contributed by atoms with van der Waals surface area (Å²) in [7, 11) is 4.18. The minimum absolute atomic E-state index is 0.418. The molecule has 0 bridgehead atoms. The number of likely N-dealkylation sites (tertiary alicyclic amines) is 1. The first-order chi connectivity index (χ1) is 9.47. The van der Waals surface area contributed by atoms with E-state index in [9.17, 15) is 4.79 Å². The first-order valence-corrected chi connectivity index (χ1v) is 7.06. The topological polar surface area (TPSA) is 75.6 Å². The fourth-order valence-electron chi connectivity index (χ4n) is 2.76. The monoisotopic (exact) mass is 276 g/mol. The SMILES string of the molecule is CN1CCC(CN(C)c2cc(C(N)=O)ccc2N)CC1. The second-order valence-electron chi connectivity index (χ2n) is 5.77. The summed E-state index contributed by atoms with van der Waals surface area (Å²) in [6, 6.07) is 5.21. The van der Waals surface area contributed by atoms with Crippen LogP contribution in [0.25, 0.3) is 0 Å². The third kappa shape index (κ3) is 3.42. The Morgan fingerprint density at radius 1 is 1.40 bits per heavy atom. The predicted molar refractivity (Wildman–Crippen MR) is 82.9 cm³/mol. The van der Waals surface area contributed by atoms with Crippen LogP contribution in [0.3, 0.4) is 0 Å². The van der Waals surface area contributed by atoms with Gasteiger partial charge in [0, 0.05) is 19.2 Å². The number of nitrogens with zero attached hydrogens (tertiary/aromatic N) is 2. The summed E-state index contributed by atoms with van der Waals surface area (Å²) in [5.74, 6) is 0.256. The number of amides is 1. The number of rotatable bonds is 4. The highest BCUT2D eigenvalue weighted by atomic mass is 16.1. The Bertz CT molecular complexity index is 481. The molecule has 0 radical (unpaired) electrons. The summed E-state index contributed by atoms with van der Waals surface area (Å²) in [6.45, 7) is 3.25. The van der Waals surface area contributed by atoms with Crippen LogP contribution < -0.4 is 16.4 Å². The van der Waals surface area contributed by atoms with Crippen LogP contribution in [0.4, 0.5) is 11.4 Å². The summed E-state index contributed by atoms with van der Waals surface area (Å²) >= 11 is 0. The van der Waals surface area contributed by atoms with Gasteiger partial charge in [0.05, 0.1) is 11.4 Å². The summed E-state index contributed by atoms with van der Waals surface area (Å²) in [4.78, 5) is 15.8. The van der Waals surface area contributed by atoms with Crippen molar-refractivity contribution in [2.75, 3.05) is 44.4 Å². The van der Waals surface area contributed by atoms with Crippen LogP contribution in [-0.4, -0.2) is 44.5 Å². The summed E-state index contributed by atoms with van der Waals surface area (Å²) < 4.78 is 0. The van der Waals surface area contributed by atoms with E-state index in [2.05, 4.69) is 16.8 Å². The molecule has 0 unspecified atom stereocenters. The minimum Gasteiger partial charge on any atom is -0.397 e. The third-order valence-corrected chi connectivity index (χ3v) is 4.10. The van der Waals surface area contributed by atoms with Crippen molar-refractivity contribution in [1.29, 1.82) is 0 Å². The fraction of sp³-hybridized carbons (Fsp3) is 0.533. The van der Waals surface area contributed by atoms with Gasteiger partial charge in [0.1, 0.15) is 0 Å². The summed E-state index contributed by atoms with van der Waals surface area (Å²) in [6.07, 6.45) is 2.41. The molecule has 0 atom stereocenters. The molecule has 1 aliphatic heterocycles. The molecule has 1 fully saturated rings. The van der Waals surface area contributed by atoms with Crippen LogP contribution in [-0.2, 0) is 0 Å². The highest BCUT2D eigenvalue weighted by molar-refractivity contribution is 5.95. The lowest BCUT2D eigenvalue weighted by atomic mass is 9.96. The zero-order valence-electron chi connectivity index (χ0n) is 12.3. The second kappa shape index (κ2) is 6.13. The van der Waals surface area contributed by atoms with Crippen molar-refractivity contribution in [3.63, 3.8) is 0 Å². The molecule has 0 aromatic heterocycles. The minimum atomic E-state index is -0.418. The maximum Gasteiger partial charge on any atom is 0.248 e. The molecule has 1 saturated heterocycles. The quantitative estimate of drug-likeness (QED) is 0.809. The van der Waals surface area contributed by atoms with E-state index in [-0.39, 0.29) is 0 Å². The lowest BCUT2D eigenvalue weighted by Crippen LogP contribution is -2.36. The molecular weight excluding hydrogens is 252 g/mol. The highest BCUT2D eigenvalue weighted by Gasteiger charge is 2.19. The molecule has 0 aliphatic carbocycles. The second-order valence-corrected chi connectivity index (χ2v) is 5.77. The predicted octanol–water partition coefficient (Wildman–Crippen LogP) is 1.15. The van der Waals surface area contributed by atoms with Crippen LogP contribution in [0.1, 0.15) is 23.2 Å². The van der Waals surface area contributed by atoms with Gasteiger partial charge in [0.2, 0.25) is 5.91 Å². The van der Waals surface area contributed by atoms with Gasteiger partial charge in [0.15, 0.2) is 0 Å². The zero-order valence-corrected chi connectivity index (χ0v) is 12.3. The van der Waals surface area contributed by atoms with E-state index in [0.717, 1.165) is 25.3 Å². The number of hydrogen-bond donors (Lipinski definition) is 2. The van der Waals surface area contributed by atoms with Crippen molar-refractivity contribution >= 4 is 17.3 Å². The van der Waals surface area contributed by atoms with E-state index in [1.165, 1.54) is 12.8 Å². The standard InChI is InChI=1S/C15H24N4O/c1-18-7-5-11(6-8-18)10-19(2)14-9-12(15(17)20)3-4-13(14)16/h3-4,9,11H,5-8,10,16H2,1-2H3,(H2,17,20). The molecule has 0 saturated carbocycles. The van der Waals surface area contributed by atoms with Crippen LogP contribution in [0.2, 0.25) is 0 Å². The zero-order chi connectivity index (χ0) is 14.7. The Hall–Kier alpha value is -1.75. The normalized spacial score (nSPS) is 17.1.